The van der Waals surface area contributed by atoms with E-state index in [1.165, 1.54) is 36.0 Å². The summed E-state index contributed by atoms with van der Waals surface area (Å²) in [6.45, 7) is 3.52. The number of fused-ring (bicyclic) bond motifs is 1. The maximum Gasteiger partial charge on any atom is 0.338 e. The van der Waals surface area contributed by atoms with Gasteiger partial charge in [0.1, 0.15) is 11.5 Å². The van der Waals surface area contributed by atoms with E-state index in [0.29, 0.717) is 21.8 Å². The molecule has 2 heterocycles. The number of aromatic hydroxyl groups is 1. The standard InChI is InChI=1S/C24H21N3O7S/c1-4-34-23(30)20-13(2)25-24-26(21(20)14-5-8-17(33-3)9-6-14)22(29)19(35-24)12-15-11-16(27(31)32)7-10-18(15)28/h5-12,21,28H,4H2,1-3H3/b19-12-/t21-/m0/s1. The first-order valence-corrected chi connectivity index (χ1v) is 11.4. The normalized spacial score (nSPS) is 15.4. The number of thiazole rings is 1. The van der Waals surface area contributed by atoms with Crippen molar-refractivity contribution < 1.29 is 24.3 Å². The quantitative estimate of drug-likeness (QED) is 0.315. The number of aromatic nitrogens is 1. The van der Waals surface area contributed by atoms with Crippen LogP contribution in [0.2, 0.25) is 0 Å². The van der Waals surface area contributed by atoms with Crippen LogP contribution in [0.1, 0.15) is 31.0 Å². The predicted octanol–water partition coefficient (Wildman–Crippen LogP) is 2.42. The number of hydrogen-bond acceptors (Lipinski definition) is 9. The van der Waals surface area contributed by atoms with Gasteiger partial charge < -0.3 is 14.6 Å². The molecular weight excluding hydrogens is 474 g/mol. The first kappa shape index (κ1) is 23.9. The molecule has 0 bridgehead atoms. The molecule has 180 valence electrons. The van der Waals surface area contributed by atoms with Gasteiger partial charge in [-0.15, -0.1) is 0 Å². The highest BCUT2D eigenvalue weighted by atomic mass is 32.1. The van der Waals surface area contributed by atoms with Crippen LogP contribution in [0.4, 0.5) is 5.69 Å². The van der Waals surface area contributed by atoms with Crippen molar-refractivity contribution in [3.63, 3.8) is 0 Å². The molecule has 1 aliphatic heterocycles. The Labute approximate surface area is 202 Å². The van der Waals surface area contributed by atoms with Gasteiger partial charge in [0.05, 0.1) is 40.5 Å². The number of ether oxygens (including phenoxy) is 2. The molecule has 2 aromatic carbocycles. The van der Waals surface area contributed by atoms with Crippen LogP contribution in [-0.4, -0.2) is 34.3 Å². The summed E-state index contributed by atoms with van der Waals surface area (Å²) < 4.78 is 12.1. The minimum Gasteiger partial charge on any atom is -0.507 e. The summed E-state index contributed by atoms with van der Waals surface area (Å²) in [5.41, 5.74) is 0.721. The Morgan fingerprint density at radius 1 is 1.29 bits per heavy atom. The Morgan fingerprint density at radius 2 is 2.00 bits per heavy atom. The summed E-state index contributed by atoms with van der Waals surface area (Å²) in [7, 11) is 1.54. The molecule has 0 spiro atoms. The van der Waals surface area contributed by atoms with Crippen molar-refractivity contribution in [3.8, 4) is 11.5 Å². The molecule has 0 unspecified atom stereocenters. The highest BCUT2D eigenvalue weighted by Crippen LogP contribution is 2.31. The van der Waals surface area contributed by atoms with Gasteiger partial charge in [-0.2, -0.15) is 0 Å². The number of esters is 1. The van der Waals surface area contributed by atoms with E-state index in [-0.39, 0.29) is 33.7 Å². The summed E-state index contributed by atoms with van der Waals surface area (Å²) in [6.07, 6.45) is 1.38. The lowest BCUT2D eigenvalue weighted by molar-refractivity contribution is -0.384. The number of nitro groups is 1. The van der Waals surface area contributed by atoms with Crippen molar-refractivity contribution in [1.82, 2.24) is 4.57 Å². The smallest absolute Gasteiger partial charge is 0.338 e. The van der Waals surface area contributed by atoms with Crippen LogP contribution in [0, 0.1) is 10.1 Å². The zero-order valence-corrected chi connectivity index (χ0v) is 19.9. The number of carbonyl (C=O) groups excluding carboxylic acids is 1. The Kier molecular flexibility index (Phi) is 6.52. The monoisotopic (exact) mass is 495 g/mol. The molecule has 1 atom stereocenters. The zero-order valence-electron chi connectivity index (χ0n) is 19.0. The van der Waals surface area contributed by atoms with Crippen molar-refractivity contribution >= 4 is 29.1 Å². The number of methoxy groups -OCH3 is 1. The molecule has 10 nitrogen and oxygen atoms in total. The largest absolute Gasteiger partial charge is 0.507 e. The Bertz CT molecular complexity index is 1530. The van der Waals surface area contributed by atoms with Crippen molar-refractivity contribution in [1.29, 1.82) is 0 Å². The average Bonchev–Trinajstić information content (AvgIpc) is 3.14. The molecule has 0 saturated carbocycles. The van der Waals surface area contributed by atoms with Gasteiger partial charge >= 0.3 is 5.97 Å². The molecule has 0 aliphatic carbocycles. The van der Waals surface area contributed by atoms with Crippen LogP contribution in [0.5, 0.6) is 11.5 Å². The molecule has 0 radical (unpaired) electrons. The maximum absolute atomic E-state index is 13.6. The van der Waals surface area contributed by atoms with Gasteiger partial charge in [0.25, 0.3) is 11.2 Å². The fourth-order valence-electron chi connectivity index (χ4n) is 3.81. The minimum atomic E-state index is -0.808. The van der Waals surface area contributed by atoms with E-state index >= 15 is 0 Å². The number of hydrogen-bond donors (Lipinski definition) is 1. The molecule has 3 aromatic rings. The lowest BCUT2D eigenvalue weighted by Gasteiger charge is -2.24. The van der Waals surface area contributed by atoms with E-state index in [1.807, 2.05) is 0 Å². The second-order valence-electron chi connectivity index (χ2n) is 7.58. The highest BCUT2D eigenvalue weighted by Gasteiger charge is 2.33. The van der Waals surface area contributed by atoms with Gasteiger partial charge in [-0.25, -0.2) is 9.79 Å². The minimum absolute atomic E-state index is 0.117. The first-order valence-electron chi connectivity index (χ1n) is 10.6. The SMILES string of the molecule is CCOC(=O)C1=C(C)N=c2s/c(=C\c3cc([N+](=O)[O-])ccc3O)c(=O)n2[C@H]1c1ccc(OC)cc1. The number of nitrogens with zero attached hydrogens (tertiary/aromatic N) is 3. The predicted molar refractivity (Wildman–Crippen MR) is 128 cm³/mol. The van der Waals surface area contributed by atoms with E-state index in [0.717, 1.165) is 11.3 Å². The molecule has 1 aliphatic rings. The van der Waals surface area contributed by atoms with Gasteiger partial charge in [-0.3, -0.25) is 19.5 Å². The fraction of sp³-hybridized carbons (Fsp3) is 0.208. The van der Waals surface area contributed by atoms with E-state index in [2.05, 4.69) is 4.99 Å². The van der Waals surface area contributed by atoms with E-state index in [1.54, 1.807) is 38.1 Å². The second-order valence-corrected chi connectivity index (χ2v) is 8.58. The number of rotatable bonds is 6. The van der Waals surface area contributed by atoms with Crippen molar-refractivity contribution in [2.75, 3.05) is 13.7 Å². The number of allylic oxidation sites excluding steroid dienone is 1. The van der Waals surface area contributed by atoms with E-state index in [9.17, 15) is 24.8 Å². The maximum atomic E-state index is 13.6. The topological polar surface area (TPSA) is 133 Å². The van der Waals surface area contributed by atoms with Crippen LogP contribution >= 0.6 is 11.3 Å². The van der Waals surface area contributed by atoms with Crippen LogP contribution in [0.3, 0.4) is 0 Å². The molecular formula is C24H21N3O7S. The third-order valence-corrected chi connectivity index (χ3v) is 6.44. The second kappa shape index (κ2) is 9.55. The van der Waals surface area contributed by atoms with Crippen molar-refractivity contribution in [3.05, 3.63) is 94.7 Å². The highest BCUT2D eigenvalue weighted by molar-refractivity contribution is 7.07. The first-order chi connectivity index (χ1) is 16.7. The molecule has 0 fully saturated rings. The van der Waals surface area contributed by atoms with Crippen LogP contribution < -0.4 is 19.6 Å². The van der Waals surface area contributed by atoms with Crippen LogP contribution in [0.25, 0.3) is 6.08 Å². The summed E-state index contributed by atoms with van der Waals surface area (Å²) in [5, 5.41) is 21.4. The van der Waals surface area contributed by atoms with Gasteiger partial charge in [0, 0.05) is 17.7 Å². The summed E-state index contributed by atoms with van der Waals surface area (Å²) in [5.74, 6) is -0.183. The van der Waals surface area contributed by atoms with Crippen LogP contribution in [0.15, 0.2) is 63.5 Å². The molecule has 11 heteroatoms. The molecule has 1 aromatic heterocycles. The van der Waals surface area contributed by atoms with E-state index < -0.39 is 22.5 Å². The Hall–Kier alpha value is -4.25. The number of phenolic OH excluding ortho intramolecular Hbond substituents is 1. The van der Waals surface area contributed by atoms with Crippen molar-refractivity contribution in [2.45, 2.75) is 19.9 Å². The molecule has 1 N–H and O–H groups in total. The number of phenols is 1. The lowest BCUT2D eigenvalue weighted by Crippen LogP contribution is -2.39. The lowest BCUT2D eigenvalue weighted by atomic mass is 9.96. The summed E-state index contributed by atoms with van der Waals surface area (Å²) in [6, 6.07) is 9.71. The number of benzene rings is 2. The summed E-state index contributed by atoms with van der Waals surface area (Å²) >= 11 is 1.05. The van der Waals surface area contributed by atoms with Gasteiger partial charge in [0.2, 0.25) is 0 Å². The summed E-state index contributed by atoms with van der Waals surface area (Å²) in [4.78, 5) is 41.8. The third kappa shape index (κ3) is 4.45. The van der Waals surface area contributed by atoms with Gasteiger partial charge in [0.15, 0.2) is 4.80 Å². The fourth-order valence-corrected chi connectivity index (χ4v) is 4.84. The van der Waals surface area contributed by atoms with Gasteiger partial charge in [-0.05, 0) is 43.7 Å². The Morgan fingerprint density at radius 3 is 2.63 bits per heavy atom. The molecule has 35 heavy (non-hydrogen) atoms. The number of non-ortho nitro benzene ring substituents is 1. The molecule has 4 rings (SSSR count). The van der Waals surface area contributed by atoms with E-state index in [4.69, 9.17) is 9.47 Å². The van der Waals surface area contributed by atoms with Crippen LogP contribution in [-0.2, 0) is 9.53 Å². The molecule has 0 saturated heterocycles. The molecule has 0 amide bonds. The zero-order chi connectivity index (χ0) is 25.3. The third-order valence-electron chi connectivity index (χ3n) is 5.46. The average molecular weight is 496 g/mol. The number of carbonyl (C=O) groups is 1. The number of nitro benzene ring substituents is 1. The van der Waals surface area contributed by atoms with Gasteiger partial charge in [-0.1, -0.05) is 23.5 Å². The Balaban J connectivity index is 1.95. The van der Waals surface area contributed by atoms with Crippen molar-refractivity contribution in [2.24, 2.45) is 4.99 Å².